The van der Waals surface area contributed by atoms with Gasteiger partial charge in [-0.05, 0) is 43.0 Å². The third-order valence-electron chi connectivity index (χ3n) is 6.28. The molecule has 1 aromatic carbocycles. The molecule has 0 radical (unpaired) electrons. The third-order valence-corrected chi connectivity index (χ3v) is 7.27. The molecule has 0 bridgehead atoms. The largest absolute Gasteiger partial charge is 0.366 e. The van der Waals surface area contributed by atoms with Crippen LogP contribution in [-0.4, -0.2) is 73.9 Å². The van der Waals surface area contributed by atoms with Gasteiger partial charge in [-0.25, -0.2) is 8.42 Å². The van der Waals surface area contributed by atoms with Crippen LogP contribution in [0.25, 0.3) is 0 Å². The molecular weight excluding hydrogens is 586 g/mol. The van der Waals surface area contributed by atoms with E-state index in [1.165, 1.54) is 29.2 Å². The first-order valence-corrected chi connectivity index (χ1v) is 12.9. The molecule has 0 aromatic heterocycles. The molecule has 1 saturated carbocycles. The van der Waals surface area contributed by atoms with Crippen molar-refractivity contribution < 1.29 is 27.5 Å². The molecule has 9 nitrogen and oxygen atoms in total. The molecule has 36 heavy (non-hydrogen) atoms. The lowest BCUT2D eigenvalue weighted by molar-refractivity contribution is -0.139. The highest BCUT2D eigenvalue weighted by Gasteiger charge is 2.53. The van der Waals surface area contributed by atoms with E-state index in [0.717, 1.165) is 31.9 Å². The Hall–Kier alpha value is -0.770. The van der Waals surface area contributed by atoms with Gasteiger partial charge < -0.3 is 15.0 Å². The van der Waals surface area contributed by atoms with Gasteiger partial charge in [-0.15, -0.1) is 11.6 Å². The van der Waals surface area contributed by atoms with E-state index in [0.29, 0.717) is 11.3 Å². The zero-order valence-electron chi connectivity index (χ0n) is 19.6. The minimum Gasteiger partial charge on any atom is -0.366 e. The fourth-order valence-corrected chi connectivity index (χ4v) is 5.73. The fourth-order valence-electron chi connectivity index (χ4n) is 4.80. The summed E-state index contributed by atoms with van der Waals surface area (Å²) in [5, 5.41) is 2.40. The van der Waals surface area contributed by atoms with Gasteiger partial charge >= 0.3 is 0 Å². The van der Waals surface area contributed by atoms with Gasteiger partial charge in [0.15, 0.2) is 5.78 Å². The number of carbonyl (C=O) groups is 3. The molecule has 2 saturated heterocycles. The summed E-state index contributed by atoms with van der Waals surface area (Å²) < 4.78 is 30.5. The van der Waals surface area contributed by atoms with E-state index in [9.17, 15) is 22.8 Å². The summed E-state index contributed by atoms with van der Waals surface area (Å²) >= 11 is 6.34. The summed E-state index contributed by atoms with van der Waals surface area (Å²) in [5.74, 6) is -0.939. The van der Waals surface area contributed by atoms with Crippen LogP contribution in [0.5, 0.6) is 0 Å². The van der Waals surface area contributed by atoms with Crippen LogP contribution in [0.1, 0.15) is 36.0 Å². The van der Waals surface area contributed by atoms with E-state index in [1.807, 2.05) is 0 Å². The van der Waals surface area contributed by atoms with Crippen molar-refractivity contribution in [3.63, 3.8) is 0 Å². The van der Waals surface area contributed by atoms with Gasteiger partial charge in [-0.3, -0.25) is 19.1 Å². The number of rotatable bonds is 6. The predicted molar refractivity (Wildman–Crippen MR) is 160 cm³/mol. The summed E-state index contributed by atoms with van der Waals surface area (Å²) in [7, 11) is -3.43. The molecule has 1 aromatic rings. The number of likely N-dealkylation sites (tertiary alicyclic amines) is 1. The summed E-state index contributed by atoms with van der Waals surface area (Å²) in [5.41, 5.74) is 0.637. The number of anilines is 1. The number of ketones is 1. The molecule has 15 heteroatoms. The van der Waals surface area contributed by atoms with Gasteiger partial charge in [0.05, 0.1) is 11.6 Å². The van der Waals surface area contributed by atoms with Crippen LogP contribution in [0.4, 0.5) is 5.69 Å². The molecule has 2 amide bonds. The minimum atomic E-state index is -3.43. The third kappa shape index (κ3) is 7.87. The van der Waals surface area contributed by atoms with Crippen LogP contribution in [0, 0.1) is 5.92 Å². The molecule has 206 valence electrons. The van der Waals surface area contributed by atoms with Gasteiger partial charge in [-0.1, -0.05) is 12.8 Å². The number of benzene rings is 1. The minimum absolute atomic E-state index is 0. The highest BCUT2D eigenvalue weighted by molar-refractivity contribution is 7.92. The van der Waals surface area contributed by atoms with E-state index in [-0.39, 0.29) is 84.7 Å². The molecule has 0 spiro atoms. The summed E-state index contributed by atoms with van der Waals surface area (Å²) in [6, 6.07) is 4.49. The van der Waals surface area contributed by atoms with Crippen molar-refractivity contribution in [3.8, 4) is 0 Å². The number of carbonyl (C=O) groups excluding carboxylic acids is 3. The van der Waals surface area contributed by atoms with Gasteiger partial charge in [0, 0.05) is 17.8 Å². The number of hydrogen-bond donors (Lipinski definition) is 2. The predicted octanol–water partition coefficient (Wildman–Crippen LogP) is 1.58. The maximum absolute atomic E-state index is 13.5. The van der Waals surface area contributed by atoms with E-state index in [1.54, 1.807) is 0 Å². The zero-order valence-corrected chi connectivity index (χ0v) is 25.2. The van der Waals surface area contributed by atoms with Gasteiger partial charge in [0.2, 0.25) is 15.9 Å². The second-order valence-corrected chi connectivity index (χ2v) is 10.9. The van der Waals surface area contributed by atoms with Crippen molar-refractivity contribution in [2.45, 2.75) is 49.2 Å². The number of nitrogens with zero attached hydrogens (tertiary/aromatic N) is 1. The number of alkyl halides is 1. The van der Waals surface area contributed by atoms with Crippen LogP contribution in [-0.2, 0) is 24.3 Å². The number of amides is 2. The molecule has 2 N–H and O–H groups in total. The molecule has 1 aliphatic carbocycles. The Balaban J connectivity index is 0.00000306. The monoisotopic (exact) mass is 619 g/mol. The summed E-state index contributed by atoms with van der Waals surface area (Å²) in [6.45, 7) is 0.142. The number of sulfonamides is 1. The topological polar surface area (TPSA) is 122 Å². The zero-order chi connectivity index (χ0) is 23.0. The van der Waals surface area contributed by atoms with E-state index < -0.39 is 39.5 Å². The molecular formula is C21H34ClN3O6S5. The van der Waals surface area contributed by atoms with Gasteiger partial charge in [0.25, 0.3) is 5.91 Å². The van der Waals surface area contributed by atoms with Crippen LogP contribution in [0.3, 0.4) is 0 Å². The van der Waals surface area contributed by atoms with Crippen LogP contribution < -0.4 is 10.0 Å². The second kappa shape index (κ2) is 14.4. The van der Waals surface area contributed by atoms with E-state index in [4.69, 9.17) is 16.3 Å². The summed E-state index contributed by atoms with van der Waals surface area (Å²) in [6.07, 6.45) is 4.10. The Labute approximate surface area is 244 Å². The van der Waals surface area contributed by atoms with E-state index in [2.05, 4.69) is 10.0 Å². The molecule has 3 fully saturated rings. The molecule has 2 aliphatic heterocycles. The number of Topliss-reactive ketones (excluding diaryl/α,β-unsaturated/α-hetero) is 1. The number of nitrogens with one attached hydrogen (secondary N) is 2. The van der Waals surface area contributed by atoms with Crippen molar-refractivity contribution in [1.82, 2.24) is 10.2 Å². The first kappa shape index (κ1) is 35.2. The van der Waals surface area contributed by atoms with Gasteiger partial charge in [0.1, 0.15) is 24.8 Å². The van der Waals surface area contributed by atoms with Crippen molar-refractivity contribution in [3.05, 3.63) is 29.8 Å². The lowest BCUT2D eigenvalue weighted by atomic mass is 9.95. The Morgan fingerprint density at radius 1 is 1.08 bits per heavy atom. The molecule has 2 heterocycles. The van der Waals surface area contributed by atoms with Crippen molar-refractivity contribution in [2.24, 2.45) is 5.92 Å². The Kier molecular flexibility index (Phi) is 14.1. The smallest absolute Gasteiger partial charge is 0.251 e. The Bertz CT molecular complexity index is 1020. The highest BCUT2D eigenvalue weighted by Crippen LogP contribution is 2.34. The maximum atomic E-state index is 13.5. The molecule has 0 unspecified atom stereocenters. The summed E-state index contributed by atoms with van der Waals surface area (Å²) in [4.78, 5) is 40.3. The number of ether oxygens (including phenoxy) is 1. The van der Waals surface area contributed by atoms with Crippen molar-refractivity contribution in [1.29, 1.82) is 0 Å². The SMILES string of the molecule is CS(=O)(=O)Nc1ccc(C(=O)N[C@H](C(=O)N2C[C@H](Cl)[C@H]3OCC(=O)[C@H]32)C2CCCC2)cc1.S.S.S.S. The average Bonchev–Trinajstić information content (AvgIpc) is 3.45. The second-order valence-electron chi connectivity index (χ2n) is 8.64. The first-order valence-electron chi connectivity index (χ1n) is 10.6. The fraction of sp³-hybridized carbons (Fsp3) is 0.571. The lowest BCUT2D eigenvalue weighted by Crippen LogP contribution is -2.54. The van der Waals surface area contributed by atoms with Crippen LogP contribution >= 0.6 is 65.6 Å². The molecule has 3 aliphatic rings. The number of halogens is 1. The standard InChI is InChI=1S/C21H26ClN3O6S.4H2S/c1-32(29,30)24-14-8-6-13(7-9-14)20(27)23-17(12-4-2-3-5-12)21(28)25-10-15(22)19-18(25)16(26)11-31-19;;;;/h6-9,12,15,17-19,24H,2-5,10-11H2,1H3,(H,23,27);4*1H2/t15-,17-,18+,19+;;;;/m0..../s1. The Morgan fingerprint density at radius 3 is 2.22 bits per heavy atom. The number of hydrogen-bond acceptors (Lipinski definition) is 6. The quantitative estimate of drug-likeness (QED) is 0.467. The molecule has 4 atom stereocenters. The maximum Gasteiger partial charge on any atom is 0.251 e. The molecule has 4 rings (SSSR count). The van der Waals surface area contributed by atoms with Crippen LogP contribution in [0.15, 0.2) is 24.3 Å². The first-order chi connectivity index (χ1) is 15.1. The normalized spacial score (nSPS) is 23.8. The van der Waals surface area contributed by atoms with Crippen LogP contribution in [0.2, 0.25) is 0 Å². The number of fused-ring (bicyclic) bond motifs is 1. The Morgan fingerprint density at radius 2 is 1.67 bits per heavy atom. The van der Waals surface area contributed by atoms with E-state index >= 15 is 0 Å². The van der Waals surface area contributed by atoms with Crippen molar-refractivity contribution in [2.75, 3.05) is 24.1 Å². The average molecular weight is 620 g/mol. The van der Waals surface area contributed by atoms with Gasteiger partial charge in [-0.2, -0.15) is 54.0 Å². The lowest BCUT2D eigenvalue weighted by Gasteiger charge is -2.30. The van der Waals surface area contributed by atoms with Crippen molar-refractivity contribution >= 4 is 98.9 Å². The highest BCUT2D eigenvalue weighted by atomic mass is 35.5.